The van der Waals surface area contributed by atoms with E-state index in [0.717, 1.165) is 0 Å². The fraction of sp³-hybridized carbons (Fsp3) is 0.562. The number of carbonyl (C=O) groups is 1. The molecule has 2 rings (SSSR count). The van der Waals surface area contributed by atoms with E-state index in [1.165, 1.54) is 13.2 Å². The van der Waals surface area contributed by atoms with E-state index in [0.29, 0.717) is 24.4 Å². The molecule has 1 aliphatic rings. The molecule has 1 aromatic carbocycles. The second-order valence-electron chi connectivity index (χ2n) is 6.51. The third-order valence-electron chi connectivity index (χ3n) is 4.19. The summed E-state index contributed by atoms with van der Waals surface area (Å²) in [5.74, 6) is -1.77. The lowest BCUT2D eigenvalue weighted by molar-refractivity contribution is -0.141. The SMILES string of the molecule is COc1ccc([C@@H]2CN(C(C)(C)C)C[C@H]2C(=O)O)c(F)c1. The first-order valence-electron chi connectivity index (χ1n) is 7.05. The molecule has 1 N–H and O–H groups in total. The topological polar surface area (TPSA) is 49.8 Å². The van der Waals surface area contributed by atoms with Gasteiger partial charge in [0.1, 0.15) is 11.6 Å². The molecule has 0 unspecified atom stereocenters. The molecule has 5 heteroatoms. The normalized spacial score (nSPS) is 23.3. The van der Waals surface area contributed by atoms with Crippen molar-refractivity contribution in [3.63, 3.8) is 0 Å². The number of benzene rings is 1. The van der Waals surface area contributed by atoms with Crippen LogP contribution in [0.5, 0.6) is 5.75 Å². The zero-order chi connectivity index (χ0) is 15.8. The lowest BCUT2D eigenvalue weighted by Gasteiger charge is -2.31. The number of halogens is 1. The molecule has 4 nitrogen and oxygen atoms in total. The van der Waals surface area contributed by atoms with E-state index in [1.54, 1.807) is 12.1 Å². The van der Waals surface area contributed by atoms with E-state index in [1.807, 2.05) is 20.8 Å². The van der Waals surface area contributed by atoms with E-state index < -0.39 is 17.7 Å². The predicted molar refractivity (Wildman–Crippen MR) is 78.1 cm³/mol. The van der Waals surface area contributed by atoms with Crippen molar-refractivity contribution in [1.29, 1.82) is 0 Å². The van der Waals surface area contributed by atoms with Crippen LogP contribution >= 0.6 is 0 Å². The fourth-order valence-electron chi connectivity index (χ4n) is 2.85. The number of carboxylic acid groups (broad SMARTS) is 1. The van der Waals surface area contributed by atoms with Crippen molar-refractivity contribution in [1.82, 2.24) is 4.90 Å². The molecule has 1 saturated heterocycles. The third kappa shape index (κ3) is 3.18. The Labute approximate surface area is 124 Å². The highest BCUT2D eigenvalue weighted by Gasteiger charge is 2.42. The molecular formula is C16H22FNO3. The summed E-state index contributed by atoms with van der Waals surface area (Å²) in [4.78, 5) is 13.6. The average molecular weight is 295 g/mol. The van der Waals surface area contributed by atoms with Crippen molar-refractivity contribution >= 4 is 5.97 Å². The monoisotopic (exact) mass is 295 g/mol. The van der Waals surface area contributed by atoms with Crippen molar-refractivity contribution in [3.05, 3.63) is 29.6 Å². The molecular weight excluding hydrogens is 273 g/mol. The molecule has 0 radical (unpaired) electrons. The van der Waals surface area contributed by atoms with E-state index >= 15 is 0 Å². The Kier molecular flexibility index (Phi) is 4.23. The molecule has 1 aromatic rings. The molecule has 0 aromatic heterocycles. The highest BCUT2D eigenvalue weighted by atomic mass is 19.1. The van der Waals surface area contributed by atoms with Gasteiger partial charge in [0, 0.05) is 30.6 Å². The first-order chi connectivity index (χ1) is 9.74. The third-order valence-corrected chi connectivity index (χ3v) is 4.19. The van der Waals surface area contributed by atoms with Gasteiger partial charge in [-0.3, -0.25) is 9.69 Å². The number of nitrogens with zero attached hydrogens (tertiary/aromatic N) is 1. The standard InChI is InChI=1S/C16H22FNO3/c1-16(2,3)18-8-12(13(9-18)15(19)20)11-6-5-10(21-4)7-14(11)17/h5-7,12-13H,8-9H2,1-4H3,(H,19,20)/t12-,13+/m0/s1. The summed E-state index contributed by atoms with van der Waals surface area (Å²) in [6.45, 7) is 7.11. The van der Waals surface area contributed by atoms with Crippen LogP contribution in [0.2, 0.25) is 0 Å². The minimum Gasteiger partial charge on any atom is -0.497 e. The van der Waals surface area contributed by atoms with Crippen LogP contribution in [0.1, 0.15) is 32.3 Å². The maximum Gasteiger partial charge on any atom is 0.308 e. The Morgan fingerprint density at radius 3 is 2.52 bits per heavy atom. The molecule has 0 saturated carbocycles. The van der Waals surface area contributed by atoms with Gasteiger partial charge >= 0.3 is 5.97 Å². The lowest BCUT2D eigenvalue weighted by atomic mass is 9.88. The first kappa shape index (κ1) is 15.8. The van der Waals surface area contributed by atoms with Crippen LogP contribution in [0.4, 0.5) is 4.39 Å². The van der Waals surface area contributed by atoms with Crippen molar-refractivity contribution in [2.45, 2.75) is 32.2 Å². The zero-order valence-electron chi connectivity index (χ0n) is 12.9. The van der Waals surface area contributed by atoms with Crippen molar-refractivity contribution in [2.24, 2.45) is 5.92 Å². The van der Waals surface area contributed by atoms with Gasteiger partial charge < -0.3 is 9.84 Å². The molecule has 0 aliphatic carbocycles. The molecule has 116 valence electrons. The molecule has 1 heterocycles. The summed E-state index contributed by atoms with van der Waals surface area (Å²) >= 11 is 0. The summed E-state index contributed by atoms with van der Waals surface area (Å²) in [6, 6.07) is 4.63. The second-order valence-corrected chi connectivity index (χ2v) is 6.51. The Hall–Kier alpha value is -1.62. The fourth-order valence-corrected chi connectivity index (χ4v) is 2.85. The molecule has 21 heavy (non-hydrogen) atoms. The van der Waals surface area contributed by atoms with Crippen molar-refractivity contribution in [2.75, 3.05) is 20.2 Å². The summed E-state index contributed by atoms with van der Waals surface area (Å²) < 4.78 is 19.3. The Bertz CT molecular complexity index is 539. The van der Waals surface area contributed by atoms with E-state index in [9.17, 15) is 14.3 Å². The quantitative estimate of drug-likeness (QED) is 0.931. The van der Waals surface area contributed by atoms with Crippen LogP contribution in [0.25, 0.3) is 0 Å². The van der Waals surface area contributed by atoms with Gasteiger partial charge in [-0.2, -0.15) is 0 Å². The van der Waals surface area contributed by atoms with Gasteiger partial charge in [-0.25, -0.2) is 4.39 Å². The highest BCUT2D eigenvalue weighted by Crippen LogP contribution is 2.38. The van der Waals surface area contributed by atoms with Crippen LogP contribution < -0.4 is 4.74 Å². The van der Waals surface area contributed by atoms with Gasteiger partial charge in [-0.05, 0) is 32.4 Å². The molecule has 0 bridgehead atoms. The number of likely N-dealkylation sites (tertiary alicyclic amines) is 1. The molecule has 1 aliphatic heterocycles. The van der Waals surface area contributed by atoms with E-state index in [4.69, 9.17) is 4.74 Å². The Morgan fingerprint density at radius 2 is 2.05 bits per heavy atom. The number of methoxy groups -OCH3 is 1. The number of carboxylic acids is 1. The van der Waals surface area contributed by atoms with Gasteiger partial charge in [0.05, 0.1) is 13.0 Å². The summed E-state index contributed by atoms with van der Waals surface area (Å²) in [7, 11) is 1.48. The van der Waals surface area contributed by atoms with Crippen molar-refractivity contribution in [3.8, 4) is 5.75 Å². The van der Waals surface area contributed by atoms with Gasteiger partial charge in [0.2, 0.25) is 0 Å². The summed E-state index contributed by atoms with van der Waals surface area (Å²) in [6.07, 6.45) is 0. The molecule has 0 spiro atoms. The minimum atomic E-state index is -0.873. The smallest absolute Gasteiger partial charge is 0.308 e. The van der Waals surface area contributed by atoms with Gasteiger partial charge in [0.15, 0.2) is 0 Å². The van der Waals surface area contributed by atoms with Gasteiger partial charge in [0.25, 0.3) is 0 Å². The number of aliphatic carboxylic acids is 1. The van der Waals surface area contributed by atoms with Gasteiger partial charge in [-0.1, -0.05) is 6.07 Å². The van der Waals surface area contributed by atoms with E-state index in [-0.39, 0.29) is 11.5 Å². The molecule has 1 fully saturated rings. The van der Waals surface area contributed by atoms with Crippen LogP contribution in [0.15, 0.2) is 18.2 Å². The highest BCUT2D eigenvalue weighted by molar-refractivity contribution is 5.72. The molecule has 0 amide bonds. The van der Waals surface area contributed by atoms with Crippen LogP contribution in [0.3, 0.4) is 0 Å². The Balaban J connectivity index is 2.34. The van der Waals surface area contributed by atoms with E-state index in [2.05, 4.69) is 4.90 Å². The Morgan fingerprint density at radius 1 is 1.38 bits per heavy atom. The number of hydrogen-bond acceptors (Lipinski definition) is 3. The summed E-state index contributed by atoms with van der Waals surface area (Å²) in [5.41, 5.74) is 0.320. The maximum absolute atomic E-state index is 14.3. The minimum absolute atomic E-state index is 0.134. The second kappa shape index (κ2) is 5.64. The average Bonchev–Trinajstić information content (AvgIpc) is 2.83. The number of rotatable bonds is 3. The molecule has 2 atom stereocenters. The van der Waals surface area contributed by atoms with Gasteiger partial charge in [-0.15, -0.1) is 0 Å². The van der Waals surface area contributed by atoms with Crippen LogP contribution in [0, 0.1) is 11.7 Å². The lowest BCUT2D eigenvalue weighted by Crippen LogP contribution is -2.40. The summed E-state index contributed by atoms with van der Waals surface area (Å²) in [5, 5.41) is 9.45. The van der Waals surface area contributed by atoms with Crippen LogP contribution in [-0.2, 0) is 4.79 Å². The van der Waals surface area contributed by atoms with Crippen molar-refractivity contribution < 1.29 is 19.0 Å². The maximum atomic E-state index is 14.3. The number of hydrogen-bond donors (Lipinski definition) is 1. The largest absolute Gasteiger partial charge is 0.497 e. The number of ether oxygens (including phenoxy) is 1. The zero-order valence-corrected chi connectivity index (χ0v) is 12.9. The van der Waals surface area contributed by atoms with Crippen LogP contribution in [-0.4, -0.2) is 41.7 Å². The first-order valence-corrected chi connectivity index (χ1v) is 7.05. The predicted octanol–water partition coefficient (Wildman–Crippen LogP) is 2.73.